The summed E-state index contributed by atoms with van der Waals surface area (Å²) in [5, 5.41) is 0. The van der Waals surface area contributed by atoms with Crippen LogP contribution in [0.3, 0.4) is 0 Å². The van der Waals surface area contributed by atoms with E-state index in [0.717, 1.165) is 12.0 Å². The van der Waals surface area contributed by atoms with Gasteiger partial charge in [0.15, 0.2) is 0 Å². The number of aromatic nitrogens is 1. The highest BCUT2D eigenvalue weighted by atomic mass is 32.2. The number of hydrogen-bond donors (Lipinski definition) is 3. The molecule has 0 bridgehead atoms. The lowest BCUT2D eigenvalue weighted by Gasteiger charge is -2.10. The molecule has 3 N–H and O–H groups in total. The number of pyridine rings is 1. The summed E-state index contributed by atoms with van der Waals surface area (Å²) < 4.78 is 27.2. The number of rotatable bonds is 6. The Labute approximate surface area is 174 Å². The van der Waals surface area contributed by atoms with Gasteiger partial charge in [0, 0.05) is 23.5 Å². The van der Waals surface area contributed by atoms with Crippen LogP contribution in [0.4, 0.5) is 5.69 Å². The van der Waals surface area contributed by atoms with Crippen molar-refractivity contribution < 1.29 is 18.0 Å². The third kappa shape index (κ3) is 5.21. The molecule has 0 unspecified atom stereocenters. The number of anilines is 1. The van der Waals surface area contributed by atoms with E-state index in [1.54, 1.807) is 12.1 Å². The monoisotopic (exact) mass is 424 g/mol. The molecule has 0 spiro atoms. The van der Waals surface area contributed by atoms with Crippen LogP contribution in [0.1, 0.15) is 33.2 Å². The number of carbonyl (C=O) groups excluding carboxylic acids is 2. The van der Waals surface area contributed by atoms with Gasteiger partial charge < -0.3 is 0 Å². The van der Waals surface area contributed by atoms with Gasteiger partial charge in [0.2, 0.25) is 0 Å². The van der Waals surface area contributed by atoms with Crippen LogP contribution in [0.5, 0.6) is 0 Å². The fourth-order valence-corrected chi connectivity index (χ4v) is 3.63. The van der Waals surface area contributed by atoms with Crippen molar-refractivity contribution in [1.29, 1.82) is 0 Å². The van der Waals surface area contributed by atoms with Gasteiger partial charge in [-0.25, -0.2) is 8.42 Å². The van der Waals surface area contributed by atoms with Gasteiger partial charge in [-0.3, -0.25) is 30.1 Å². The van der Waals surface area contributed by atoms with Crippen molar-refractivity contribution in [3.8, 4) is 0 Å². The molecule has 0 fully saturated rings. The molecule has 0 atom stereocenters. The topological polar surface area (TPSA) is 117 Å². The van der Waals surface area contributed by atoms with Gasteiger partial charge >= 0.3 is 0 Å². The number of hydrogen-bond acceptors (Lipinski definition) is 5. The maximum atomic E-state index is 12.4. The third-order valence-electron chi connectivity index (χ3n) is 4.27. The smallest absolute Gasteiger partial charge is 0.269 e. The summed E-state index contributed by atoms with van der Waals surface area (Å²) in [7, 11) is -3.80. The first-order valence-electron chi connectivity index (χ1n) is 9.11. The van der Waals surface area contributed by atoms with E-state index in [2.05, 4.69) is 20.6 Å². The highest BCUT2D eigenvalue weighted by Gasteiger charge is 2.15. The van der Waals surface area contributed by atoms with Crippen molar-refractivity contribution in [3.63, 3.8) is 0 Å². The Kier molecular flexibility index (Phi) is 6.43. The van der Waals surface area contributed by atoms with Crippen molar-refractivity contribution >= 4 is 27.5 Å². The largest absolute Gasteiger partial charge is 0.280 e. The molecule has 154 valence electrons. The van der Waals surface area contributed by atoms with Crippen LogP contribution in [-0.4, -0.2) is 25.2 Å². The standard InChI is InChI=1S/C21H20N4O4S/c1-2-15-3-5-16(6-4-15)20(26)23-24-21(27)17-7-9-19(10-8-17)30(28,29)25-18-11-13-22-14-12-18/h3-14H,2H2,1H3,(H,22,25)(H,23,26)(H,24,27). The zero-order chi connectivity index (χ0) is 21.6. The molecule has 2 amide bonds. The molecule has 9 heteroatoms. The number of benzene rings is 2. The average molecular weight is 424 g/mol. The molecule has 8 nitrogen and oxygen atoms in total. The minimum atomic E-state index is -3.80. The Morgan fingerprint density at radius 2 is 1.30 bits per heavy atom. The first-order valence-corrected chi connectivity index (χ1v) is 10.6. The van der Waals surface area contributed by atoms with Crippen LogP contribution in [0.25, 0.3) is 0 Å². The van der Waals surface area contributed by atoms with Crippen LogP contribution >= 0.6 is 0 Å². The van der Waals surface area contributed by atoms with E-state index in [9.17, 15) is 18.0 Å². The summed E-state index contributed by atoms with van der Waals surface area (Å²) >= 11 is 0. The van der Waals surface area contributed by atoms with Gasteiger partial charge in [-0.1, -0.05) is 19.1 Å². The number of amides is 2. The summed E-state index contributed by atoms with van der Waals surface area (Å²) in [4.78, 5) is 28.2. The van der Waals surface area contributed by atoms with E-state index in [1.807, 2.05) is 19.1 Å². The van der Waals surface area contributed by atoms with Crippen LogP contribution in [-0.2, 0) is 16.4 Å². The lowest BCUT2D eigenvalue weighted by atomic mass is 10.1. The lowest BCUT2D eigenvalue weighted by Crippen LogP contribution is -2.41. The second kappa shape index (κ2) is 9.19. The van der Waals surface area contributed by atoms with Crippen molar-refractivity contribution in [3.05, 3.63) is 89.7 Å². The van der Waals surface area contributed by atoms with Crippen molar-refractivity contribution in [2.45, 2.75) is 18.2 Å². The van der Waals surface area contributed by atoms with Crippen LogP contribution in [0.15, 0.2) is 78.0 Å². The Morgan fingerprint density at radius 3 is 1.80 bits per heavy atom. The first kappa shape index (κ1) is 21.0. The Morgan fingerprint density at radius 1 is 0.800 bits per heavy atom. The quantitative estimate of drug-likeness (QED) is 0.526. The van der Waals surface area contributed by atoms with Gasteiger partial charge in [-0.15, -0.1) is 0 Å². The summed E-state index contributed by atoms with van der Waals surface area (Å²) in [5.41, 5.74) is 6.73. The SMILES string of the molecule is CCc1ccc(C(=O)NNC(=O)c2ccc(S(=O)(=O)Nc3ccncc3)cc2)cc1. The highest BCUT2D eigenvalue weighted by Crippen LogP contribution is 2.16. The molecule has 0 aliphatic rings. The number of carbonyl (C=O) groups is 2. The van der Waals surface area contributed by atoms with E-state index >= 15 is 0 Å². The predicted molar refractivity (Wildman–Crippen MR) is 112 cm³/mol. The maximum Gasteiger partial charge on any atom is 0.269 e. The molecule has 0 saturated carbocycles. The molecule has 3 aromatic rings. The fraction of sp³-hybridized carbons (Fsp3) is 0.0952. The molecular weight excluding hydrogens is 404 g/mol. The summed E-state index contributed by atoms with van der Waals surface area (Å²) in [6.45, 7) is 2.01. The van der Waals surface area contributed by atoms with Gasteiger partial charge in [-0.05, 0) is 60.5 Å². The molecule has 0 aliphatic carbocycles. The van der Waals surface area contributed by atoms with Crippen LogP contribution in [0.2, 0.25) is 0 Å². The van der Waals surface area contributed by atoms with Gasteiger partial charge in [-0.2, -0.15) is 0 Å². The van der Waals surface area contributed by atoms with E-state index in [-0.39, 0.29) is 10.5 Å². The predicted octanol–water partition coefficient (Wildman–Crippen LogP) is 2.52. The minimum absolute atomic E-state index is 0.00379. The fourth-order valence-electron chi connectivity index (χ4n) is 2.57. The molecule has 2 aromatic carbocycles. The van der Waals surface area contributed by atoms with Gasteiger partial charge in [0.1, 0.15) is 0 Å². The zero-order valence-corrected chi connectivity index (χ0v) is 16.9. The van der Waals surface area contributed by atoms with Gasteiger partial charge in [0.05, 0.1) is 10.6 Å². The first-order chi connectivity index (χ1) is 14.4. The molecule has 3 rings (SSSR count). The zero-order valence-electron chi connectivity index (χ0n) is 16.1. The van der Waals surface area contributed by atoms with Crippen molar-refractivity contribution in [2.75, 3.05) is 4.72 Å². The third-order valence-corrected chi connectivity index (χ3v) is 5.67. The second-order valence-corrected chi connectivity index (χ2v) is 8.01. The normalized spacial score (nSPS) is 10.8. The number of aryl methyl sites for hydroxylation is 1. The summed E-state index contributed by atoms with van der Waals surface area (Å²) in [6.07, 6.45) is 3.80. The van der Waals surface area contributed by atoms with E-state index < -0.39 is 21.8 Å². The molecule has 0 saturated heterocycles. The van der Waals surface area contributed by atoms with Crippen LogP contribution < -0.4 is 15.6 Å². The van der Waals surface area contributed by atoms with Crippen molar-refractivity contribution in [2.24, 2.45) is 0 Å². The summed E-state index contributed by atoms with van der Waals surface area (Å²) in [6, 6.07) is 15.4. The van der Waals surface area contributed by atoms with E-state index in [0.29, 0.717) is 11.3 Å². The average Bonchev–Trinajstić information content (AvgIpc) is 2.77. The van der Waals surface area contributed by atoms with E-state index in [1.165, 1.54) is 48.8 Å². The van der Waals surface area contributed by atoms with Gasteiger partial charge in [0.25, 0.3) is 21.8 Å². The number of nitrogens with one attached hydrogen (secondary N) is 3. The second-order valence-electron chi connectivity index (χ2n) is 6.32. The molecule has 1 aromatic heterocycles. The van der Waals surface area contributed by atoms with Crippen LogP contribution in [0, 0.1) is 0 Å². The molecule has 30 heavy (non-hydrogen) atoms. The van der Waals surface area contributed by atoms with Crippen molar-refractivity contribution in [1.82, 2.24) is 15.8 Å². The Hall–Kier alpha value is -3.72. The number of sulfonamides is 1. The highest BCUT2D eigenvalue weighted by molar-refractivity contribution is 7.92. The Bertz CT molecular complexity index is 1130. The molecule has 1 heterocycles. The Balaban J connectivity index is 1.61. The van der Waals surface area contributed by atoms with E-state index in [4.69, 9.17) is 0 Å². The lowest BCUT2D eigenvalue weighted by molar-refractivity contribution is 0.0846. The summed E-state index contributed by atoms with van der Waals surface area (Å²) in [5.74, 6) is -1.02. The molecule has 0 radical (unpaired) electrons. The number of hydrazine groups is 1. The maximum absolute atomic E-state index is 12.4. The minimum Gasteiger partial charge on any atom is -0.280 e. The molecule has 0 aliphatic heterocycles. The molecular formula is C21H20N4O4S. The number of nitrogens with zero attached hydrogens (tertiary/aromatic N) is 1.